The van der Waals surface area contributed by atoms with Gasteiger partial charge in [-0.3, -0.25) is 4.79 Å². The van der Waals surface area contributed by atoms with Crippen molar-refractivity contribution >= 4 is 72.8 Å². The number of carbonyl (C=O) groups excluding carboxylic acids is 2. The van der Waals surface area contributed by atoms with Crippen LogP contribution in [0.4, 0.5) is 9.93 Å². The number of aromatic amines is 1. The van der Waals surface area contributed by atoms with Crippen molar-refractivity contribution in [3.05, 3.63) is 57.7 Å². The lowest BCUT2D eigenvalue weighted by molar-refractivity contribution is -0.134. The summed E-state index contributed by atoms with van der Waals surface area (Å²) in [6, 6.07) is 11.4. The molecule has 4 heterocycles. The maximum atomic E-state index is 14.1. The highest BCUT2D eigenvalue weighted by Gasteiger charge is 2.38. The molecule has 4 aromatic rings. The van der Waals surface area contributed by atoms with Gasteiger partial charge in [0.2, 0.25) is 5.91 Å². The van der Waals surface area contributed by atoms with Crippen molar-refractivity contribution in [2.45, 2.75) is 38.8 Å². The lowest BCUT2D eigenvalue weighted by Crippen LogP contribution is -2.53. The molecule has 6 rings (SSSR count). The Hall–Kier alpha value is -3.01. The van der Waals surface area contributed by atoms with E-state index in [0.29, 0.717) is 49.3 Å². The average Bonchev–Trinajstić information content (AvgIpc) is 3.47. The summed E-state index contributed by atoms with van der Waals surface area (Å²) in [7, 11) is 0. The van der Waals surface area contributed by atoms with Crippen LogP contribution in [0.25, 0.3) is 21.1 Å². The van der Waals surface area contributed by atoms with Crippen molar-refractivity contribution in [2.75, 3.05) is 37.6 Å². The molecule has 0 aliphatic carbocycles. The second-order valence-electron chi connectivity index (χ2n) is 11.0. The Balaban J connectivity index is 1.30. The van der Waals surface area contributed by atoms with Crippen molar-refractivity contribution in [1.82, 2.24) is 19.8 Å². The molecule has 8 nitrogen and oxygen atoms in total. The van der Waals surface area contributed by atoms with E-state index in [-0.39, 0.29) is 12.0 Å². The van der Waals surface area contributed by atoms with Crippen LogP contribution in [0, 0.1) is 0 Å². The number of hydrogen-bond donors (Lipinski definition) is 1. The maximum absolute atomic E-state index is 14.1. The van der Waals surface area contributed by atoms with Gasteiger partial charge < -0.3 is 24.4 Å². The zero-order chi connectivity index (χ0) is 27.5. The minimum absolute atomic E-state index is 0.0369. The number of nitrogens with zero attached hydrogens (tertiary/aromatic N) is 4. The van der Waals surface area contributed by atoms with E-state index in [2.05, 4.69) is 9.88 Å². The van der Waals surface area contributed by atoms with E-state index in [1.54, 1.807) is 16.2 Å². The fourth-order valence-corrected chi connectivity index (χ4v) is 6.78. The van der Waals surface area contributed by atoms with Gasteiger partial charge in [0, 0.05) is 59.4 Å². The van der Waals surface area contributed by atoms with Crippen LogP contribution in [-0.4, -0.2) is 70.1 Å². The van der Waals surface area contributed by atoms with Crippen LogP contribution in [0.1, 0.15) is 37.9 Å². The number of rotatable bonds is 2. The second kappa shape index (κ2) is 9.87. The number of hydrogen-bond acceptors (Lipinski definition) is 6. The zero-order valence-corrected chi connectivity index (χ0v) is 24.3. The van der Waals surface area contributed by atoms with Crippen LogP contribution in [0.3, 0.4) is 0 Å². The van der Waals surface area contributed by atoms with E-state index < -0.39 is 11.5 Å². The molecule has 2 aromatic carbocycles. The largest absolute Gasteiger partial charge is 0.444 e. The lowest BCUT2D eigenvalue weighted by atomic mass is 9.90. The van der Waals surface area contributed by atoms with E-state index in [0.717, 1.165) is 37.5 Å². The third-order valence-electron chi connectivity index (χ3n) is 7.13. The molecule has 204 valence electrons. The van der Waals surface area contributed by atoms with Gasteiger partial charge in [0.05, 0.1) is 22.7 Å². The van der Waals surface area contributed by atoms with Crippen LogP contribution in [-0.2, 0) is 16.1 Å². The number of amides is 2. The van der Waals surface area contributed by atoms with Gasteiger partial charge in [0.25, 0.3) is 0 Å². The van der Waals surface area contributed by atoms with E-state index in [4.69, 9.17) is 32.9 Å². The number of nitrogens with one attached hydrogen (secondary N) is 1. The van der Waals surface area contributed by atoms with Crippen molar-refractivity contribution in [3.63, 3.8) is 0 Å². The van der Waals surface area contributed by atoms with Gasteiger partial charge in [0.1, 0.15) is 5.60 Å². The molecule has 2 amide bonds. The van der Waals surface area contributed by atoms with Crippen LogP contribution >= 0.6 is 34.5 Å². The van der Waals surface area contributed by atoms with Gasteiger partial charge in [0.15, 0.2) is 5.13 Å². The number of fused-ring (bicyclic) bond motifs is 4. The molecular formula is C28H29Cl2N5O3S. The third-order valence-corrected chi connectivity index (χ3v) is 8.68. The van der Waals surface area contributed by atoms with Gasteiger partial charge in [-0.2, -0.15) is 0 Å². The Morgan fingerprint density at radius 1 is 1.03 bits per heavy atom. The Morgan fingerprint density at radius 3 is 2.46 bits per heavy atom. The summed E-state index contributed by atoms with van der Waals surface area (Å²) in [4.78, 5) is 40.8. The maximum Gasteiger partial charge on any atom is 0.410 e. The Bertz CT molecular complexity index is 1590. The van der Waals surface area contributed by atoms with Gasteiger partial charge >= 0.3 is 6.09 Å². The second-order valence-corrected chi connectivity index (χ2v) is 12.9. The first-order valence-corrected chi connectivity index (χ1v) is 14.5. The van der Waals surface area contributed by atoms with Crippen LogP contribution in [0.2, 0.25) is 10.0 Å². The monoisotopic (exact) mass is 585 g/mol. The summed E-state index contributed by atoms with van der Waals surface area (Å²) < 4.78 is 6.53. The van der Waals surface area contributed by atoms with Crippen LogP contribution in [0.5, 0.6) is 0 Å². The number of aromatic nitrogens is 2. The normalized spacial score (nSPS) is 18.1. The van der Waals surface area contributed by atoms with E-state index in [1.807, 2.05) is 62.1 Å². The van der Waals surface area contributed by atoms with Gasteiger partial charge in [-0.15, -0.1) is 0 Å². The number of H-pyrrole nitrogens is 1. The Morgan fingerprint density at radius 2 is 1.72 bits per heavy atom. The first kappa shape index (κ1) is 26.2. The van der Waals surface area contributed by atoms with Gasteiger partial charge in [-0.1, -0.05) is 34.5 Å². The predicted molar refractivity (Wildman–Crippen MR) is 156 cm³/mol. The highest BCUT2D eigenvalue weighted by atomic mass is 35.5. The molecule has 0 unspecified atom stereocenters. The minimum Gasteiger partial charge on any atom is -0.444 e. The molecule has 0 saturated carbocycles. The third kappa shape index (κ3) is 5.15. The molecule has 0 bridgehead atoms. The predicted octanol–water partition coefficient (Wildman–Crippen LogP) is 6.27. The first-order chi connectivity index (χ1) is 18.6. The quantitative estimate of drug-likeness (QED) is 0.300. The standard InChI is InChI=1S/C28H29Cl2N5O3S/c1-28(2,3)38-27(37)34-10-8-33(9-11-34)25(36)19-14-35(26-32-21-7-5-17(30)13-23(21)39-26)15-22-24(19)18-12-16(29)4-6-20(18)31-22/h4-7,12-13,19,31H,8-11,14-15H2,1-3H3/t19-/m1/s1. The van der Waals surface area contributed by atoms with Crippen molar-refractivity contribution in [1.29, 1.82) is 0 Å². The smallest absolute Gasteiger partial charge is 0.410 e. The van der Waals surface area contributed by atoms with Crippen molar-refractivity contribution < 1.29 is 14.3 Å². The van der Waals surface area contributed by atoms with E-state index in [9.17, 15) is 9.59 Å². The summed E-state index contributed by atoms with van der Waals surface area (Å²) in [5, 5.41) is 3.12. The molecule has 1 fully saturated rings. The number of benzene rings is 2. The highest BCUT2D eigenvalue weighted by molar-refractivity contribution is 7.22. The van der Waals surface area contributed by atoms with Crippen molar-refractivity contribution in [2.24, 2.45) is 0 Å². The highest BCUT2D eigenvalue weighted by Crippen LogP contribution is 2.40. The lowest BCUT2D eigenvalue weighted by Gasteiger charge is -2.39. The molecule has 2 aromatic heterocycles. The number of ether oxygens (including phenoxy) is 1. The number of anilines is 1. The first-order valence-electron chi connectivity index (χ1n) is 12.9. The summed E-state index contributed by atoms with van der Waals surface area (Å²) in [5.74, 6) is -0.375. The number of thiazole rings is 1. The molecule has 2 aliphatic rings. The summed E-state index contributed by atoms with van der Waals surface area (Å²) in [6.45, 7) is 8.42. The fraction of sp³-hybridized carbons (Fsp3) is 0.393. The van der Waals surface area contributed by atoms with Crippen LogP contribution in [0.15, 0.2) is 36.4 Å². The van der Waals surface area contributed by atoms with E-state index in [1.165, 1.54) is 0 Å². The molecule has 1 atom stereocenters. The topological polar surface area (TPSA) is 81.8 Å². The van der Waals surface area contributed by atoms with Crippen molar-refractivity contribution in [3.8, 4) is 0 Å². The number of halogens is 2. The number of piperazine rings is 1. The van der Waals surface area contributed by atoms with Crippen LogP contribution < -0.4 is 4.90 Å². The molecule has 2 aliphatic heterocycles. The van der Waals surface area contributed by atoms with E-state index >= 15 is 0 Å². The summed E-state index contributed by atoms with van der Waals surface area (Å²) >= 11 is 14.2. The molecule has 1 N–H and O–H groups in total. The molecular weight excluding hydrogens is 557 g/mol. The molecule has 11 heteroatoms. The van der Waals surface area contributed by atoms with Gasteiger partial charge in [-0.25, -0.2) is 9.78 Å². The molecule has 0 radical (unpaired) electrons. The summed E-state index contributed by atoms with van der Waals surface area (Å²) in [5.41, 5.74) is 3.26. The summed E-state index contributed by atoms with van der Waals surface area (Å²) in [6.07, 6.45) is -0.345. The zero-order valence-electron chi connectivity index (χ0n) is 22.0. The fourth-order valence-electron chi connectivity index (χ4n) is 5.36. The molecule has 39 heavy (non-hydrogen) atoms. The SMILES string of the molecule is CC(C)(C)OC(=O)N1CCN(C(=O)[C@@H]2CN(c3nc4ccc(Cl)cc4s3)Cc3[nH]c4ccc(Cl)cc4c32)CC1. The van der Waals surface area contributed by atoms with Gasteiger partial charge in [-0.05, 0) is 62.7 Å². The average molecular weight is 587 g/mol. The minimum atomic E-state index is -0.561. The Kier molecular flexibility index (Phi) is 6.64. The number of carbonyl (C=O) groups is 2. The molecule has 1 saturated heterocycles. The molecule has 0 spiro atoms. The Labute approximate surface area is 240 Å².